The molecular formula is C4H8O2S. The predicted molar refractivity (Wildman–Crippen MR) is 30.5 cm³/mol. The average molecular weight is 120 g/mol. The average Bonchev–Trinajstić information content (AvgIpc) is 1.68. The normalized spacial score (nSPS) is 13.4. The molecule has 0 rings (SSSR count). The van der Waals surface area contributed by atoms with Crippen molar-refractivity contribution in [2.75, 3.05) is 12.0 Å². The van der Waals surface area contributed by atoms with Gasteiger partial charge in [-0.3, -0.25) is 0 Å². The van der Waals surface area contributed by atoms with Crippen molar-refractivity contribution in [1.29, 1.82) is 0 Å². The fourth-order valence-electron chi connectivity index (χ4n) is 0.210. The van der Waals surface area contributed by atoms with Gasteiger partial charge in [0.25, 0.3) is 0 Å². The van der Waals surface area contributed by atoms with Crippen molar-refractivity contribution >= 4 is 18.0 Å². The van der Waals surface area contributed by atoms with Crippen LogP contribution in [0.3, 0.4) is 0 Å². The highest BCUT2D eigenvalue weighted by atomic mass is 32.2. The third-order valence-corrected chi connectivity index (χ3v) is 1.17. The topological polar surface area (TPSA) is 37.3 Å². The van der Waals surface area contributed by atoms with E-state index in [2.05, 4.69) is 0 Å². The first-order valence-electron chi connectivity index (χ1n) is 1.93. The van der Waals surface area contributed by atoms with Crippen molar-refractivity contribution in [3.8, 4) is 0 Å². The molecule has 0 aliphatic rings. The summed E-state index contributed by atoms with van der Waals surface area (Å²) < 4.78 is 0. The van der Waals surface area contributed by atoms with Gasteiger partial charge in [0.15, 0.2) is 0 Å². The number of hydrogen-bond donors (Lipinski definition) is 1. The minimum absolute atomic E-state index is 0.503. The molecule has 0 aromatic heterocycles. The third-order valence-electron chi connectivity index (χ3n) is 0.495. The van der Waals surface area contributed by atoms with Gasteiger partial charge in [-0.1, -0.05) is 0 Å². The Balaban J connectivity index is 2.98. The van der Waals surface area contributed by atoms with E-state index in [0.29, 0.717) is 12.0 Å². The molecule has 0 saturated carbocycles. The standard InChI is InChI=1S/C4H8O2S/c1-7-3-4(6)2-5/h2,4,6H,3H2,1H3. The van der Waals surface area contributed by atoms with Crippen molar-refractivity contribution in [2.24, 2.45) is 0 Å². The lowest BCUT2D eigenvalue weighted by Crippen LogP contribution is -2.09. The number of carbonyl (C=O) groups is 1. The van der Waals surface area contributed by atoms with E-state index in [1.54, 1.807) is 0 Å². The van der Waals surface area contributed by atoms with Gasteiger partial charge in [0, 0.05) is 5.75 Å². The summed E-state index contributed by atoms with van der Waals surface area (Å²) in [5.74, 6) is 0.503. The summed E-state index contributed by atoms with van der Waals surface area (Å²) in [7, 11) is 0. The SMILES string of the molecule is CSCC(O)C=O. The van der Waals surface area contributed by atoms with Gasteiger partial charge < -0.3 is 9.90 Å². The van der Waals surface area contributed by atoms with Gasteiger partial charge in [-0.15, -0.1) is 0 Å². The Kier molecular flexibility index (Phi) is 4.14. The van der Waals surface area contributed by atoms with Crippen LogP contribution in [0.4, 0.5) is 0 Å². The number of aldehydes is 1. The molecule has 0 aliphatic heterocycles. The van der Waals surface area contributed by atoms with Crippen molar-refractivity contribution in [1.82, 2.24) is 0 Å². The van der Waals surface area contributed by atoms with Gasteiger partial charge in [-0.25, -0.2) is 0 Å². The van der Waals surface area contributed by atoms with Crippen LogP contribution in [0.5, 0.6) is 0 Å². The molecule has 0 aliphatic carbocycles. The van der Waals surface area contributed by atoms with E-state index in [0.717, 1.165) is 0 Å². The van der Waals surface area contributed by atoms with Crippen molar-refractivity contribution < 1.29 is 9.90 Å². The molecule has 0 radical (unpaired) electrons. The second kappa shape index (κ2) is 4.15. The first-order chi connectivity index (χ1) is 3.31. The van der Waals surface area contributed by atoms with Crippen LogP contribution in [0.1, 0.15) is 0 Å². The Morgan fingerprint density at radius 1 is 2.00 bits per heavy atom. The van der Waals surface area contributed by atoms with Crippen molar-refractivity contribution in [3.63, 3.8) is 0 Å². The minimum atomic E-state index is -0.769. The molecule has 3 heteroatoms. The maximum atomic E-state index is 9.63. The number of rotatable bonds is 3. The summed E-state index contributed by atoms with van der Waals surface area (Å²) in [6.07, 6.45) is 1.61. The largest absolute Gasteiger partial charge is 0.385 e. The molecule has 0 aromatic carbocycles. The maximum Gasteiger partial charge on any atom is 0.149 e. The molecule has 0 amide bonds. The molecule has 42 valence electrons. The van der Waals surface area contributed by atoms with E-state index in [1.807, 2.05) is 6.26 Å². The van der Waals surface area contributed by atoms with E-state index in [1.165, 1.54) is 11.8 Å². The Morgan fingerprint density at radius 3 is 2.71 bits per heavy atom. The zero-order valence-electron chi connectivity index (χ0n) is 4.13. The molecule has 0 saturated heterocycles. The van der Waals surface area contributed by atoms with Crippen molar-refractivity contribution in [2.45, 2.75) is 6.10 Å². The summed E-state index contributed by atoms with van der Waals surface area (Å²) in [4.78, 5) is 9.63. The highest BCUT2D eigenvalue weighted by molar-refractivity contribution is 7.98. The first-order valence-corrected chi connectivity index (χ1v) is 3.33. The highest BCUT2D eigenvalue weighted by Gasteiger charge is 1.95. The third kappa shape index (κ3) is 3.82. The van der Waals surface area contributed by atoms with Gasteiger partial charge in [0.2, 0.25) is 0 Å². The summed E-state index contributed by atoms with van der Waals surface area (Å²) in [5, 5.41) is 8.47. The highest BCUT2D eigenvalue weighted by Crippen LogP contribution is 1.92. The molecule has 7 heavy (non-hydrogen) atoms. The van der Waals surface area contributed by atoms with Gasteiger partial charge in [0.1, 0.15) is 12.4 Å². The van der Waals surface area contributed by atoms with Crippen LogP contribution in [0.2, 0.25) is 0 Å². The molecule has 0 fully saturated rings. The smallest absolute Gasteiger partial charge is 0.149 e. The summed E-state index contributed by atoms with van der Waals surface area (Å²) in [6.45, 7) is 0. The predicted octanol–water partition coefficient (Wildman–Crippen LogP) is -0.0908. The van der Waals surface area contributed by atoms with Crippen LogP contribution in [0, 0.1) is 0 Å². The Labute approximate surface area is 46.9 Å². The fourth-order valence-corrected chi connectivity index (χ4v) is 0.630. The minimum Gasteiger partial charge on any atom is -0.385 e. The van der Waals surface area contributed by atoms with Gasteiger partial charge in [-0.05, 0) is 6.26 Å². The Hall–Kier alpha value is -0.0200. The second-order valence-corrected chi connectivity index (χ2v) is 2.07. The van der Waals surface area contributed by atoms with Crippen LogP contribution in [-0.4, -0.2) is 29.5 Å². The summed E-state index contributed by atoms with van der Waals surface area (Å²) in [5.41, 5.74) is 0. The van der Waals surface area contributed by atoms with E-state index < -0.39 is 6.10 Å². The van der Waals surface area contributed by atoms with E-state index in [4.69, 9.17) is 5.11 Å². The lowest BCUT2D eigenvalue weighted by atomic mass is 10.5. The number of aliphatic hydroxyl groups excluding tert-OH is 1. The fraction of sp³-hybridized carbons (Fsp3) is 0.750. The van der Waals surface area contributed by atoms with Crippen LogP contribution >= 0.6 is 11.8 Å². The maximum absolute atomic E-state index is 9.63. The first kappa shape index (κ1) is 6.98. The van der Waals surface area contributed by atoms with E-state index in [9.17, 15) is 4.79 Å². The monoisotopic (exact) mass is 120 g/mol. The Morgan fingerprint density at radius 2 is 2.57 bits per heavy atom. The quantitative estimate of drug-likeness (QED) is 0.529. The number of aliphatic hydroxyl groups is 1. The van der Waals surface area contributed by atoms with Gasteiger partial charge in [0.05, 0.1) is 0 Å². The van der Waals surface area contributed by atoms with E-state index >= 15 is 0 Å². The zero-order chi connectivity index (χ0) is 5.70. The van der Waals surface area contributed by atoms with Crippen molar-refractivity contribution in [3.05, 3.63) is 0 Å². The molecular weight excluding hydrogens is 112 g/mol. The molecule has 1 unspecified atom stereocenters. The molecule has 1 N–H and O–H groups in total. The molecule has 0 heterocycles. The summed E-state index contributed by atoms with van der Waals surface area (Å²) in [6, 6.07) is 0. The molecule has 0 aromatic rings. The Bertz CT molecular complexity index is 55.7. The second-order valence-electron chi connectivity index (χ2n) is 1.16. The van der Waals surface area contributed by atoms with Crippen LogP contribution in [0.15, 0.2) is 0 Å². The molecule has 1 atom stereocenters. The van der Waals surface area contributed by atoms with Crippen LogP contribution < -0.4 is 0 Å². The molecule has 0 bridgehead atoms. The van der Waals surface area contributed by atoms with Gasteiger partial charge >= 0.3 is 0 Å². The lowest BCUT2D eigenvalue weighted by Gasteiger charge is -1.94. The molecule has 2 nitrogen and oxygen atoms in total. The zero-order valence-corrected chi connectivity index (χ0v) is 4.94. The number of hydrogen-bond acceptors (Lipinski definition) is 3. The van der Waals surface area contributed by atoms with Gasteiger partial charge in [-0.2, -0.15) is 11.8 Å². The number of thioether (sulfide) groups is 1. The summed E-state index contributed by atoms with van der Waals surface area (Å²) >= 11 is 1.45. The van der Waals surface area contributed by atoms with Crippen LogP contribution in [-0.2, 0) is 4.79 Å². The van der Waals surface area contributed by atoms with E-state index in [-0.39, 0.29) is 0 Å². The molecule has 0 spiro atoms. The number of carbonyl (C=O) groups excluding carboxylic acids is 1. The van der Waals surface area contributed by atoms with Crippen LogP contribution in [0.25, 0.3) is 0 Å². The lowest BCUT2D eigenvalue weighted by molar-refractivity contribution is -0.113.